The van der Waals surface area contributed by atoms with Gasteiger partial charge in [0.1, 0.15) is 22.8 Å². The number of fused-ring (bicyclic) bond motifs is 10. The van der Waals surface area contributed by atoms with Gasteiger partial charge in [0.15, 0.2) is 11.5 Å². The molecule has 0 aliphatic carbocycles. The lowest BCUT2D eigenvalue weighted by Gasteiger charge is -2.48. The molecule has 11 rings (SSSR count). The van der Waals surface area contributed by atoms with Crippen molar-refractivity contribution in [2.45, 2.75) is 78.6 Å². The molecule has 0 saturated carbocycles. The molecule has 3 aliphatic heterocycles. The second-order valence-corrected chi connectivity index (χ2v) is 20.2. The molecule has 7 aromatic carbocycles. The standard InChI is InChI=1S/C54H47BF2N2O2/c1-52(2,3)32-14-17-37(18-15-32)58-43-27-33(53(4,5)6)16-19-41(43)55-49-39(24-31(25-44(49)58)30-22-35(56)29-36(57)23-30)40-26-34(54(7,8)9)28-47-50(40)59(55)42-20-21-46-48(51(42)61-47)38-12-10-11-13-45(38)60-46/h10-29H,1-9H3. The monoisotopic (exact) mass is 804 g/mol. The second kappa shape index (κ2) is 12.6. The van der Waals surface area contributed by atoms with Crippen LogP contribution < -0.4 is 25.4 Å². The van der Waals surface area contributed by atoms with E-state index in [0.717, 1.165) is 101 Å². The number of hydrogen-bond donors (Lipinski definition) is 0. The summed E-state index contributed by atoms with van der Waals surface area (Å²) < 4.78 is 44.0. The Kier molecular flexibility index (Phi) is 7.78. The SMILES string of the molecule is CC(C)(C)c1ccc(N2c3cc(C(C)(C)C)ccc3B3c4c(cc(-c5cc(F)cc(F)c5)cc42)-c2cc(C(C)(C)C)cc4c2N3c2ccc3oc5ccccc5c3c2O4)cc1. The molecule has 0 atom stereocenters. The van der Waals surface area contributed by atoms with Crippen molar-refractivity contribution < 1.29 is 17.9 Å². The third-order valence-electron chi connectivity index (χ3n) is 13.0. The van der Waals surface area contributed by atoms with Crippen molar-refractivity contribution in [2.24, 2.45) is 0 Å². The number of hydrogen-bond acceptors (Lipinski definition) is 4. The molecule has 61 heavy (non-hydrogen) atoms. The molecule has 0 saturated heterocycles. The van der Waals surface area contributed by atoms with Crippen LogP contribution in [0.5, 0.6) is 11.5 Å². The maximum Gasteiger partial charge on any atom is 0.333 e. The molecule has 0 spiro atoms. The fraction of sp³-hybridized carbons (Fsp3) is 0.222. The Bertz CT molecular complexity index is 3140. The maximum atomic E-state index is 15.2. The van der Waals surface area contributed by atoms with E-state index in [2.05, 4.69) is 157 Å². The topological polar surface area (TPSA) is 28.9 Å². The average molecular weight is 805 g/mol. The van der Waals surface area contributed by atoms with E-state index in [1.807, 2.05) is 18.2 Å². The van der Waals surface area contributed by atoms with Crippen molar-refractivity contribution in [1.29, 1.82) is 0 Å². The van der Waals surface area contributed by atoms with Crippen molar-refractivity contribution in [3.05, 3.63) is 150 Å². The van der Waals surface area contributed by atoms with E-state index in [1.165, 1.54) is 23.3 Å². The fourth-order valence-electron chi connectivity index (χ4n) is 9.74. The van der Waals surface area contributed by atoms with Crippen molar-refractivity contribution in [2.75, 3.05) is 9.71 Å². The van der Waals surface area contributed by atoms with Crippen molar-refractivity contribution >= 4 is 68.1 Å². The summed E-state index contributed by atoms with van der Waals surface area (Å²) in [6, 6.07) is 40.7. The van der Waals surface area contributed by atoms with E-state index >= 15 is 8.78 Å². The van der Waals surface area contributed by atoms with Gasteiger partial charge < -0.3 is 18.9 Å². The third-order valence-corrected chi connectivity index (χ3v) is 13.0. The van der Waals surface area contributed by atoms with Gasteiger partial charge in [-0.15, -0.1) is 0 Å². The van der Waals surface area contributed by atoms with E-state index in [9.17, 15) is 0 Å². The Morgan fingerprint density at radius 2 is 1.21 bits per heavy atom. The Balaban J connectivity index is 1.29. The minimum absolute atomic E-state index is 0.0367. The van der Waals surface area contributed by atoms with E-state index < -0.39 is 11.6 Å². The predicted octanol–water partition coefficient (Wildman–Crippen LogP) is 14.2. The van der Waals surface area contributed by atoms with Gasteiger partial charge in [0.25, 0.3) is 0 Å². The molecule has 4 nitrogen and oxygen atoms in total. The molecular weight excluding hydrogens is 757 g/mol. The van der Waals surface area contributed by atoms with Gasteiger partial charge in [0.05, 0.1) is 16.8 Å². The lowest BCUT2D eigenvalue weighted by atomic mass is 9.43. The number of para-hydroxylation sites is 1. The largest absolute Gasteiger partial charge is 0.456 e. The summed E-state index contributed by atoms with van der Waals surface area (Å²) in [6.45, 7) is 19.8. The van der Waals surface area contributed by atoms with Crippen molar-refractivity contribution in [3.63, 3.8) is 0 Å². The highest BCUT2D eigenvalue weighted by Gasteiger charge is 2.49. The zero-order chi connectivity index (χ0) is 42.5. The number of ether oxygens (including phenoxy) is 1. The third kappa shape index (κ3) is 5.69. The normalized spacial score (nSPS) is 14.2. The van der Waals surface area contributed by atoms with Crippen LogP contribution in [0.3, 0.4) is 0 Å². The smallest absolute Gasteiger partial charge is 0.333 e. The molecular formula is C54H47BF2N2O2. The highest BCUT2D eigenvalue weighted by molar-refractivity contribution is 6.93. The quantitative estimate of drug-likeness (QED) is 0.163. The molecule has 0 bridgehead atoms. The molecule has 8 aromatic rings. The molecule has 7 heteroatoms. The molecule has 0 amide bonds. The number of anilines is 5. The average Bonchev–Trinajstić information content (AvgIpc) is 3.59. The summed E-state index contributed by atoms with van der Waals surface area (Å²) in [5.74, 6) is 0.290. The van der Waals surface area contributed by atoms with Gasteiger partial charge in [0, 0.05) is 34.1 Å². The van der Waals surface area contributed by atoms with Crippen LogP contribution in [0.4, 0.5) is 37.2 Å². The first-order valence-electron chi connectivity index (χ1n) is 21.2. The second-order valence-electron chi connectivity index (χ2n) is 20.2. The summed E-state index contributed by atoms with van der Waals surface area (Å²) in [7, 11) is 0. The van der Waals surface area contributed by atoms with Gasteiger partial charge in [-0.1, -0.05) is 105 Å². The first-order valence-corrected chi connectivity index (χ1v) is 21.2. The van der Waals surface area contributed by atoms with Gasteiger partial charge in [-0.3, -0.25) is 0 Å². The van der Waals surface area contributed by atoms with Gasteiger partial charge in [-0.2, -0.15) is 0 Å². The molecule has 0 N–H and O–H groups in total. The number of halogens is 2. The van der Waals surface area contributed by atoms with Crippen LogP contribution in [-0.2, 0) is 16.2 Å². The molecule has 302 valence electrons. The highest BCUT2D eigenvalue weighted by Crippen LogP contribution is 2.59. The van der Waals surface area contributed by atoms with Crippen molar-refractivity contribution in [3.8, 4) is 33.8 Å². The van der Waals surface area contributed by atoms with Crippen LogP contribution in [0, 0.1) is 11.6 Å². The Morgan fingerprint density at radius 3 is 1.92 bits per heavy atom. The summed E-state index contributed by atoms with van der Waals surface area (Å²) in [4.78, 5) is 4.86. The molecule has 1 aromatic heterocycles. The fourth-order valence-corrected chi connectivity index (χ4v) is 9.74. The number of benzene rings is 7. The minimum Gasteiger partial charge on any atom is -0.456 e. The van der Waals surface area contributed by atoms with Gasteiger partial charge in [-0.25, -0.2) is 8.78 Å². The first-order chi connectivity index (χ1) is 28.9. The lowest BCUT2D eigenvalue weighted by molar-refractivity contribution is 0.479. The maximum absolute atomic E-state index is 15.2. The van der Waals surface area contributed by atoms with E-state index in [0.29, 0.717) is 5.56 Å². The van der Waals surface area contributed by atoms with Crippen LogP contribution in [0.2, 0.25) is 0 Å². The summed E-state index contributed by atoms with van der Waals surface area (Å²) in [5, 5.41) is 1.94. The number of rotatable bonds is 2. The number of furan rings is 1. The Hall–Kier alpha value is -6.34. The zero-order valence-electron chi connectivity index (χ0n) is 36.1. The minimum atomic E-state index is -0.615. The summed E-state index contributed by atoms with van der Waals surface area (Å²) in [5.41, 5.74) is 15.1. The lowest BCUT2D eigenvalue weighted by Crippen LogP contribution is -2.62. The Labute approximate surface area is 356 Å². The zero-order valence-corrected chi connectivity index (χ0v) is 36.1. The van der Waals surface area contributed by atoms with Crippen LogP contribution >= 0.6 is 0 Å². The summed E-state index contributed by atoms with van der Waals surface area (Å²) >= 11 is 0. The number of nitrogens with zero attached hydrogens (tertiary/aromatic N) is 2. The molecule has 0 fully saturated rings. The predicted molar refractivity (Wildman–Crippen MR) is 249 cm³/mol. The van der Waals surface area contributed by atoms with Crippen LogP contribution in [0.15, 0.2) is 126 Å². The molecule has 4 heterocycles. The van der Waals surface area contributed by atoms with Crippen LogP contribution in [0.25, 0.3) is 44.2 Å². The highest BCUT2D eigenvalue weighted by atomic mass is 19.1. The van der Waals surface area contributed by atoms with E-state index in [1.54, 1.807) is 0 Å². The van der Waals surface area contributed by atoms with E-state index in [-0.39, 0.29) is 23.1 Å². The molecule has 0 unspecified atom stereocenters. The van der Waals surface area contributed by atoms with Crippen LogP contribution in [0.1, 0.15) is 79.0 Å². The summed E-state index contributed by atoms with van der Waals surface area (Å²) in [6.07, 6.45) is 0. The molecule has 0 radical (unpaired) electrons. The van der Waals surface area contributed by atoms with Crippen molar-refractivity contribution in [1.82, 2.24) is 0 Å². The first kappa shape index (κ1) is 37.6. The molecule has 3 aliphatic rings. The van der Waals surface area contributed by atoms with Gasteiger partial charge >= 0.3 is 6.85 Å². The van der Waals surface area contributed by atoms with Gasteiger partial charge in [-0.05, 0) is 133 Å². The Morgan fingerprint density at radius 1 is 0.541 bits per heavy atom. The van der Waals surface area contributed by atoms with Crippen LogP contribution in [-0.4, -0.2) is 6.85 Å². The van der Waals surface area contributed by atoms with E-state index in [4.69, 9.17) is 9.15 Å². The van der Waals surface area contributed by atoms with Gasteiger partial charge in [0.2, 0.25) is 0 Å².